The van der Waals surface area contributed by atoms with Gasteiger partial charge < -0.3 is 13.9 Å². The molecule has 0 aliphatic carbocycles. The molecule has 30 heavy (non-hydrogen) atoms. The first kappa shape index (κ1) is 21.5. The summed E-state index contributed by atoms with van der Waals surface area (Å²) < 4.78 is 45.0. The summed E-state index contributed by atoms with van der Waals surface area (Å²) in [6, 6.07) is 16.1. The maximum absolute atomic E-state index is 13.8. The van der Waals surface area contributed by atoms with Gasteiger partial charge in [-0.25, -0.2) is 8.42 Å². The average Bonchev–Trinajstić information content (AvgIpc) is 3.28. The van der Waals surface area contributed by atoms with Gasteiger partial charge in [0.1, 0.15) is 23.3 Å². The molecule has 1 aromatic heterocycles. The highest BCUT2D eigenvalue weighted by Gasteiger charge is 2.34. The summed E-state index contributed by atoms with van der Waals surface area (Å²) in [5.74, 6) is 1.75. The van der Waals surface area contributed by atoms with Gasteiger partial charge in [-0.1, -0.05) is 5.57 Å². The Balaban J connectivity index is 2.17. The molecule has 0 aliphatic heterocycles. The van der Waals surface area contributed by atoms with Crippen LogP contribution in [-0.4, -0.2) is 22.6 Å². The molecular formula is C23H25NO5S. The van der Waals surface area contributed by atoms with Gasteiger partial charge in [-0.15, -0.1) is 6.58 Å². The van der Waals surface area contributed by atoms with E-state index in [-0.39, 0.29) is 4.90 Å². The first-order valence-corrected chi connectivity index (χ1v) is 10.8. The highest BCUT2D eigenvalue weighted by molar-refractivity contribution is 7.92. The first-order chi connectivity index (χ1) is 14.4. The lowest BCUT2D eigenvalue weighted by atomic mass is 10.1. The minimum Gasteiger partial charge on any atom is -0.497 e. The van der Waals surface area contributed by atoms with Crippen molar-refractivity contribution in [3.8, 4) is 11.5 Å². The fourth-order valence-electron chi connectivity index (χ4n) is 3.19. The lowest BCUT2D eigenvalue weighted by Gasteiger charge is -2.32. The Morgan fingerprint density at radius 1 is 1.00 bits per heavy atom. The van der Waals surface area contributed by atoms with Crippen molar-refractivity contribution in [1.82, 2.24) is 0 Å². The molecule has 158 valence electrons. The van der Waals surface area contributed by atoms with Crippen molar-refractivity contribution >= 4 is 15.7 Å². The summed E-state index contributed by atoms with van der Waals surface area (Å²) in [4.78, 5) is 0.150. The fraction of sp³-hybridized carbons (Fsp3) is 0.217. The van der Waals surface area contributed by atoms with Crippen molar-refractivity contribution in [3.05, 3.63) is 84.8 Å². The number of anilines is 1. The van der Waals surface area contributed by atoms with Crippen LogP contribution in [0.15, 0.2) is 88.4 Å². The molecule has 0 aliphatic rings. The topological polar surface area (TPSA) is 69.0 Å². The Morgan fingerprint density at radius 2 is 1.57 bits per heavy atom. The van der Waals surface area contributed by atoms with Crippen LogP contribution in [0.4, 0.5) is 5.69 Å². The first-order valence-electron chi connectivity index (χ1n) is 9.37. The van der Waals surface area contributed by atoms with Gasteiger partial charge >= 0.3 is 0 Å². The molecule has 3 aromatic rings. The third-order valence-corrected chi connectivity index (χ3v) is 6.49. The van der Waals surface area contributed by atoms with Crippen molar-refractivity contribution in [2.45, 2.75) is 24.3 Å². The smallest absolute Gasteiger partial charge is 0.265 e. The second-order valence-corrected chi connectivity index (χ2v) is 8.68. The van der Waals surface area contributed by atoms with Crippen LogP contribution < -0.4 is 13.8 Å². The van der Waals surface area contributed by atoms with Gasteiger partial charge in [-0.05, 0) is 74.0 Å². The number of rotatable bonds is 9. The zero-order valence-corrected chi connectivity index (χ0v) is 18.1. The predicted molar refractivity (Wildman–Crippen MR) is 117 cm³/mol. The number of nitrogens with zero attached hydrogens (tertiary/aromatic N) is 1. The van der Waals surface area contributed by atoms with Gasteiger partial charge in [-0.3, -0.25) is 4.31 Å². The standard InChI is InChI=1S/C23H25NO5S/c1-17(2)16-22(23-6-5-15-29-23)24(18-7-9-19(27-3)10-8-18)30(25,26)21-13-11-20(28-4)12-14-21/h5-15,22H,1,16H2,2-4H3. The van der Waals surface area contributed by atoms with E-state index in [2.05, 4.69) is 6.58 Å². The van der Waals surface area contributed by atoms with Crippen LogP contribution in [0.2, 0.25) is 0 Å². The van der Waals surface area contributed by atoms with Gasteiger partial charge in [0.15, 0.2) is 0 Å². The molecule has 0 bridgehead atoms. The van der Waals surface area contributed by atoms with Crippen molar-refractivity contribution < 1.29 is 22.3 Å². The number of furan rings is 1. The van der Waals surface area contributed by atoms with Crippen molar-refractivity contribution in [2.75, 3.05) is 18.5 Å². The van der Waals surface area contributed by atoms with E-state index in [1.807, 2.05) is 6.92 Å². The van der Waals surface area contributed by atoms with E-state index >= 15 is 0 Å². The number of benzene rings is 2. The van der Waals surface area contributed by atoms with Crippen LogP contribution in [0.3, 0.4) is 0 Å². The molecule has 1 unspecified atom stereocenters. The lowest BCUT2D eigenvalue weighted by molar-refractivity contribution is 0.414. The van der Waals surface area contributed by atoms with Crippen LogP contribution >= 0.6 is 0 Å². The molecule has 0 saturated heterocycles. The molecule has 0 amide bonds. The van der Waals surface area contributed by atoms with Crippen LogP contribution in [0, 0.1) is 0 Å². The lowest BCUT2D eigenvalue weighted by Crippen LogP contribution is -2.35. The Bertz CT molecular complexity index is 1070. The van der Waals surface area contributed by atoms with Crippen LogP contribution in [0.25, 0.3) is 0 Å². The van der Waals surface area contributed by atoms with E-state index in [1.54, 1.807) is 55.6 Å². The number of ether oxygens (including phenoxy) is 2. The number of hydrogen-bond acceptors (Lipinski definition) is 5. The molecule has 0 radical (unpaired) electrons. The van der Waals surface area contributed by atoms with Crippen molar-refractivity contribution in [3.63, 3.8) is 0 Å². The maximum Gasteiger partial charge on any atom is 0.265 e. The second kappa shape index (κ2) is 9.09. The average molecular weight is 428 g/mol. The van der Waals surface area contributed by atoms with Gasteiger partial charge in [0.25, 0.3) is 10.0 Å². The minimum absolute atomic E-state index is 0.150. The van der Waals surface area contributed by atoms with Crippen molar-refractivity contribution in [1.29, 1.82) is 0 Å². The summed E-state index contributed by atoms with van der Waals surface area (Å²) in [6.07, 6.45) is 1.93. The summed E-state index contributed by atoms with van der Waals surface area (Å²) in [7, 11) is -0.836. The summed E-state index contributed by atoms with van der Waals surface area (Å²) in [5, 5.41) is 0. The van der Waals surface area contributed by atoms with E-state index in [4.69, 9.17) is 13.9 Å². The summed E-state index contributed by atoms with van der Waals surface area (Å²) >= 11 is 0. The SMILES string of the molecule is C=C(C)CC(c1ccco1)N(c1ccc(OC)cc1)S(=O)(=O)c1ccc(OC)cc1. The third kappa shape index (κ3) is 4.52. The van der Waals surface area contributed by atoms with Crippen LogP contribution in [0.1, 0.15) is 25.1 Å². The zero-order valence-electron chi connectivity index (χ0n) is 17.2. The molecule has 7 heteroatoms. The Labute approximate surface area is 177 Å². The highest BCUT2D eigenvalue weighted by Crippen LogP contribution is 2.38. The van der Waals surface area contributed by atoms with E-state index in [0.717, 1.165) is 5.57 Å². The number of hydrogen-bond donors (Lipinski definition) is 0. The summed E-state index contributed by atoms with van der Waals surface area (Å²) in [5.41, 5.74) is 1.33. The monoisotopic (exact) mass is 427 g/mol. The third-order valence-electron chi connectivity index (χ3n) is 4.64. The van der Waals surface area contributed by atoms with E-state index in [9.17, 15) is 8.42 Å². The van der Waals surface area contributed by atoms with E-state index in [1.165, 1.54) is 29.8 Å². The quantitative estimate of drug-likeness (QED) is 0.439. The normalized spacial score (nSPS) is 12.2. The maximum atomic E-state index is 13.8. The molecular weight excluding hydrogens is 402 g/mol. The Morgan fingerprint density at radius 3 is 2.03 bits per heavy atom. The molecule has 0 N–H and O–H groups in total. The molecule has 1 atom stereocenters. The minimum atomic E-state index is -3.93. The predicted octanol–water partition coefficient (Wildman–Crippen LogP) is 5.20. The number of sulfonamides is 1. The van der Waals surface area contributed by atoms with Crippen LogP contribution in [-0.2, 0) is 10.0 Å². The van der Waals surface area contributed by atoms with Gasteiger partial charge in [0.2, 0.25) is 0 Å². The summed E-state index contributed by atoms with van der Waals surface area (Å²) in [6.45, 7) is 5.85. The molecule has 2 aromatic carbocycles. The molecule has 6 nitrogen and oxygen atoms in total. The second-order valence-electron chi connectivity index (χ2n) is 6.87. The molecule has 0 spiro atoms. The fourth-order valence-corrected chi connectivity index (χ4v) is 4.81. The molecule has 0 saturated carbocycles. The molecule has 0 fully saturated rings. The van der Waals surface area contributed by atoms with E-state index in [0.29, 0.717) is 29.4 Å². The number of methoxy groups -OCH3 is 2. The van der Waals surface area contributed by atoms with Crippen LogP contribution in [0.5, 0.6) is 11.5 Å². The zero-order chi connectivity index (χ0) is 21.7. The van der Waals surface area contributed by atoms with Gasteiger partial charge in [-0.2, -0.15) is 0 Å². The van der Waals surface area contributed by atoms with Crippen molar-refractivity contribution in [2.24, 2.45) is 0 Å². The molecule has 3 rings (SSSR count). The largest absolute Gasteiger partial charge is 0.497 e. The van der Waals surface area contributed by atoms with Gasteiger partial charge in [0, 0.05) is 0 Å². The van der Waals surface area contributed by atoms with E-state index < -0.39 is 16.1 Å². The Kier molecular flexibility index (Phi) is 6.52. The highest BCUT2D eigenvalue weighted by atomic mass is 32.2. The molecule has 1 heterocycles. The Hall–Kier alpha value is -3.19. The van der Waals surface area contributed by atoms with Gasteiger partial charge in [0.05, 0.1) is 31.1 Å².